The highest BCUT2D eigenvalue weighted by Crippen LogP contribution is 2.29. The second-order valence-corrected chi connectivity index (χ2v) is 7.35. The van der Waals surface area contributed by atoms with Gasteiger partial charge in [0.25, 0.3) is 5.91 Å². The molecule has 1 N–H and O–H groups in total. The van der Waals surface area contributed by atoms with Crippen LogP contribution in [0.3, 0.4) is 0 Å². The van der Waals surface area contributed by atoms with Crippen LogP contribution in [-0.2, 0) is 26.5 Å². The van der Waals surface area contributed by atoms with Gasteiger partial charge in [-0.05, 0) is 42.8 Å². The fourth-order valence-electron chi connectivity index (χ4n) is 2.36. The minimum Gasteiger partial charge on any atom is -0.467 e. The van der Waals surface area contributed by atoms with Gasteiger partial charge in [-0.15, -0.1) is 0 Å². The number of amides is 1. The van der Waals surface area contributed by atoms with Crippen LogP contribution in [0.1, 0.15) is 22.3 Å². The van der Waals surface area contributed by atoms with Gasteiger partial charge in [0.1, 0.15) is 6.04 Å². The van der Waals surface area contributed by atoms with Crippen molar-refractivity contribution in [2.75, 3.05) is 12.9 Å². The van der Waals surface area contributed by atoms with Crippen molar-refractivity contribution in [3.05, 3.63) is 65.7 Å². The molecule has 0 saturated heterocycles. The van der Waals surface area contributed by atoms with E-state index in [0.29, 0.717) is 4.90 Å². The van der Waals surface area contributed by atoms with Crippen molar-refractivity contribution >= 4 is 22.7 Å². The molecule has 0 bridgehead atoms. The molecular formula is C19H18F3NO4S. The second-order valence-electron chi connectivity index (χ2n) is 5.78. The molecule has 0 spiro atoms. The number of rotatable bonds is 7. The highest BCUT2D eigenvalue weighted by atomic mass is 32.2. The molecule has 0 saturated carbocycles. The van der Waals surface area contributed by atoms with Gasteiger partial charge in [-0.25, -0.2) is 4.79 Å². The maximum Gasteiger partial charge on any atom is 0.416 e. The molecule has 28 heavy (non-hydrogen) atoms. The van der Waals surface area contributed by atoms with E-state index in [9.17, 15) is 27.0 Å². The van der Waals surface area contributed by atoms with Crippen LogP contribution >= 0.6 is 0 Å². The molecule has 0 unspecified atom stereocenters. The van der Waals surface area contributed by atoms with Crippen molar-refractivity contribution in [3.8, 4) is 0 Å². The predicted octanol–water partition coefficient (Wildman–Crippen LogP) is 3.17. The van der Waals surface area contributed by atoms with Gasteiger partial charge in [0, 0.05) is 16.2 Å². The van der Waals surface area contributed by atoms with E-state index < -0.39 is 40.5 Å². The van der Waals surface area contributed by atoms with E-state index in [-0.39, 0.29) is 17.7 Å². The number of methoxy groups -OCH3 is 1. The maximum atomic E-state index is 12.6. The third-order valence-electron chi connectivity index (χ3n) is 3.86. The molecule has 0 aromatic heterocycles. The zero-order valence-corrected chi connectivity index (χ0v) is 15.7. The van der Waals surface area contributed by atoms with Crippen molar-refractivity contribution in [2.24, 2.45) is 0 Å². The summed E-state index contributed by atoms with van der Waals surface area (Å²) in [6, 6.07) is 11.2. The van der Waals surface area contributed by atoms with Crippen molar-refractivity contribution in [1.29, 1.82) is 0 Å². The lowest BCUT2D eigenvalue weighted by molar-refractivity contribution is -0.143. The van der Waals surface area contributed by atoms with Gasteiger partial charge in [-0.3, -0.25) is 9.00 Å². The highest BCUT2D eigenvalue weighted by molar-refractivity contribution is 7.85. The van der Waals surface area contributed by atoms with Crippen molar-refractivity contribution in [2.45, 2.75) is 23.5 Å². The Morgan fingerprint density at radius 3 is 2.21 bits per heavy atom. The Morgan fingerprint density at radius 2 is 1.68 bits per heavy atom. The molecule has 2 aromatic rings. The molecule has 0 aliphatic carbocycles. The summed E-state index contributed by atoms with van der Waals surface area (Å²) in [7, 11) is -0.232. The van der Waals surface area contributed by atoms with E-state index in [2.05, 4.69) is 10.1 Å². The van der Waals surface area contributed by atoms with E-state index in [1.165, 1.54) is 0 Å². The van der Waals surface area contributed by atoms with Gasteiger partial charge in [0.15, 0.2) is 0 Å². The van der Waals surface area contributed by atoms with Gasteiger partial charge in [-0.2, -0.15) is 13.2 Å². The summed E-state index contributed by atoms with van der Waals surface area (Å²) < 4.78 is 54.8. The van der Waals surface area contributed by atoms with E-state index >= 15 is 0 Å². The normalized spacial score (nSPS) is 13.4. The molecule has 2 aromatic carbocycles. The maximum absolute atomic E-state index is 12.6. The lowest BCUT2D eigenvalue weighted by atomic mass is 10.1. The van der Waals surface area contributed by atoms with E-state index in [1.54, 1.807) is 30.3 Å². The van der Waals surface area contributed by atoms with Crippen LogP contribution in [0.25, 0.3) is 0 Å². The molecule has 0 aliphatic rings. The van der Waals surface area contributed by atoms with Crippen LogP contribution in [0.4, 0.5) is 13.2 Å². The lowest BCUT2D eigenvalue weighted by Crippen LogP contribution is -2.42. The van der Waals surface area contributed by atoms with Crippen LogP contribution < -0.4 is 5.32 Å². The fraction of sp³-hybridized carbons (Fsp3) is 0.263. The van der Waals surface area contributed by atoms with Crippen LogP contribution in [0.2, 0.25) is 0 Å². The van der Waals surface area contributed by atoms with Crippen molar-refractivity contribution in [1.82, 2.24) is 5.32 Å². The minimum absolute atomic E-state index is 0.0360. The third-order valence-corrected chi connectivity index (χ3v) is 5.27. The summed E-state index contributed by atoms with van der Waals surface area (Å²) in [6.07, 6.45) is -4.47. The molecule has 2 atom stereocenters. The summed E-state index contributed by atoms with van der Waals surface area (Å²) in [5.41, 5.74) is -0.919. The number of ether oxygens (including phenoxy) is 1. The van der Waals surface area contributed by atoms with Crippen LogP contribution in [0, 0.1) is 0 Å². The molecule has 9 heteroatoms. The number of benzene rings is 2. The Hall–Kier alpha value is -2.68. The topological polar surface area (TPSA) is 72.5 Å². The Kier molecular flexibility index (Phi) is 7.33. The van der Waals surface area contributed by atoms with Gasteiger partial charge < -0.3 is 10.1 Å². The lowest BCUT2D eigenvalue weighted by Gasteiger charge is -2.16. The van der Waals surface area contributed by atoms with E-state index in [0.717, 1.165) is 31.4 Å². The summed E-state index contributed by atoms with van der Waals surface area (Å²) in [5, 5.41) is 2.42. The molecule has 0 aliphatic heterocycles. The first-order valence-corrected chi connectivity index (χ1v) is 9.53. The first kappa shape index (κ1) is 21.6. The first-order chi connectivity index (χ1) is 13.2. The first-order valence-electron chi connectivity index (χ1n) is 8.21. The number of alkyl halides is 3. The molecule has 0 radical (unpaired) electrons. The van der Waals surface area contributed by atoms with Crippen LogP contribution in [0.5, 0.6) is 0 Å². The van der Waals surface area contributed by atoms with Gasteiger partial charge >= 0.3 is 12.1 Å². The number of halogens is 3. The Labute approximate surface area is 162 Å². The second kappa shape index (κ2) is 9.50. The smallest absolute Gasteiger partial charge is 0.416 e. The van der Waals surface area contributed by atoms with Crippen LogP contribution in [0.15, 0.2) is 59.5 Å². The molecule has 1 amide bonds. The average Bonchev–Trinajstić information content (AvgIpc) is 2.70. The number of esters is 1. The van der Waals surface area contributed by atoms with E-state index in [4.69, 9.17) is 0 Å². The largest absolute Gasteiger partial charge is 0.467 e. The number of nitrogens with one attached hydrogen (secondary N) is 1. The minimum atomic E-state index is -4.51. The zero-order valence-electron chi connectivity index (χ0n) is 14.9. The quantitative estimate of drug-likeness (QED) is 0.708. The summed E-state index contributed by atoms with van der Waals surface area (Å²) >= 11 is 0. The summed E-state index contributed by atoms with van der Waals surface area (Å²) in [6.45, 7) is 0. The number of carbonyl (C=O) groups is 2. The molecule has 2 rings (SSSR count). The third kappa shape index (κ3) is 5.91. The Bertz CT molecular complexity index is 839. The summed E-state index contributed by atoms with van der Waals surface area (Å²) in [5.74, 6) is -1.36. The highest BCUT2D eigenvalue weighted by Gasteiger charge is 2.30. The number of hydrogen-bond donors (Lipinski definition) is 1. The number of carbonyl (C=O) groups excluding carboxylic acids is 2. The van der Waals surface area contributed by atoms with Crippen LogP contribution in [-0.4, -0.2) is 35.0 Å². The molecule has 5 nitrogen and oxygen atoms in total. The van der Waals surface area contributed by atoms with Gasteiger partial charge in [0.2, 0.25) is 0 Å². The molecule has 150 valence electrons. The van der Waals surface area contributed by atoms with Gasteiger partial charge in [0.05, 0.1) is 23.5 Å². The molecule has 0 fully saturated rings. The van der Waals surface area contributed by atoms with E-state index in [1.807, 2.05) is 0 Å². The monoisotopic (exact) mass is 413 g/mol. The SMILES string of the molecule is COC(=O)[C@@H](CC[S@@](=O)c1ccccc1)NC(=O)c1ccc(C(F)(F)F)cc1. The molecular weight excluding hydrogens is 395 g/mol. The zero-order chi connectivity index (χ0) is 20.7. The number of hydrogen-bond acceptors (Lipinski definition) is 4. The van der Waals surface area contributed by atoms with Gasteiger partial charge in [-0.1, -0.05) is 18.2 Å². The Morgan fingerprint density at radius 1 is 1.07 bits per heavy atom. The average molecular weight is 413 g/mol. The molecule has 0 heterocycles. The van der Waals surface area contributed by atoms with Crippen molar-refractivity contribution in [3.63, 3.8) is 0 Å². The van der Waals surface area contributed by atoms with Crippen molar-refractivity contribution < 1.29 is 31.7 Å². The predicted molar refractivity (Wildman–Crippen MR) is 97.0 cm³/mol. The summed E-state index contributed by atoms with van der Waals surface area (Å²) in [4.78, 5) is 24.8. The standard InChI is InChI=1S/C19H18F3NO4S/c1-27-18(25)16(11-12-28(26)15-5-3-2-4-6-15)23-17(24)13-7-9-14(10-8-13)19(20,21)22/h2-10,16H,11-12H2,1H3,(H,23,24)/t16-,28-/m1/s1. The Balaban J connectivity index is 2.04. The fourth-order valence-corrected chi connectivity index (χ4v) is 3.50.